The van der Waals surface area contributed by atoms with E-state index in [1.807, 2.05) is 6.07 Å². The number of aryl methyl sites for hydroxylation is 3. The van der Waals surface area contributed by atoms with E-state index in [2.05, 4.69) is 39.7 Å². The molecule has 0 radical (unpaired) electrons. The molecule has 0 saturated carbocycles. The van der Waals surface area contributed by atoms with Gasteiger partial charge in [0.25, 0.3) is 0 Å². The van der Waals surface area contributed by atoms with E-state index in [9.17, 15) is 4.79 Å². The van der Waals surface area contributed by atoms with E-state index in [-0.39, 0.29) is 5.91 Å². The van der Waals surface area contributed by atoms with Gasteiger partial charge < -0.3 is 5.32 Å². The molecule has 0 saturated heterocycles. The van der Waals surface area contributed by atoms with E-state index in [1.54, 1.807) is 11.0 Å². The fraction of sp³-hybridized carbons (Fsp3) is 0.235. The van der Waals surface area contributed by atoms with Crippen LogP contribution in [-0.4, -0.2) is 20.7 Å². The first-order valence-corrected chi connectivity index (χ1v) is 7.47. The molecule has 5 nitrogen and oxygen atoms in total. The number of benzene rings is 2. The summed E-state index contributed by atoms with van der Waals surface area (Å²) >= 11 is 0. The molecule has 0 fully saturated rings. The minimum atomic E-state index is -0.00537. The van der Waals surface area contributed by atoms with Crippen LogP contribution in [0, 0.1) is 0 Å². The maximum absolute atomic E-state index is 12.2. The Balaban J connectivity index is 1.56. The highest BCUT2D eigenvalue weighted by Gasteiger charge is 2.16. The number of amides is 1. The second-order valence-corrected chi connectivity index (χ2v) is 5.57. The smallest absolute Gasteiger partial charge is 0.226 e. The molecule has 1 aliphatic carbocycles. The van der Waals surface area contributed by atoms with Crippen LogP contribution in [0.5, 0.6) is 0 Å². The lowest BCUT2D eigenvalue weighted by Gasteiger charge is -2.10. The zero-order valence-electron chi connectivity index (χ0n) is 12.1. The van der Waals surface area contributed by atoms with E-state index in [0.717, 1.165) is 23.9 Å². The van der Waals surface area contributed by atoms with Crippen LogP contribution in [0.3, 0.4) is 0 Å². The SMILES string of the molecule is O=C(CCn1cncn1)Nc1ccc2c3c(cccc13)CC2. The van der Waals surface area contributed by atoms with Crippen LogP contribution in [0.25, 0.3) is 10.8 Å². The lowest BCUT2D eigenvalue weighted by Crippen LogP contribution is -2.15. The molecule has 3 aromatic rings. The number of rotatable bonds is 4. The molecule has 1 aromatic heterocycles. The molecule has 1 amide bonds. The standard InChI is InChI=1S/C17H16N4O/c22-16(8-9-21-11-18-10-19-21)20-15-7-6-13-5-4-12-2-1-3-14(15)17(12)13/h1-3,6-7,10-11H,4-5,8-9H2,(H,20,22). The van der Waals surface area contributed by atoms with Gasteiger partial charge in [0.15, 0.2) is 0 Å². The number of aromatic nitrogens is 3. The topological polar surface area (TPSA) is 59.8 Å². The third kappa shape index (κ3) is 2.24. The Morgan fingerprint density at radius 2 is 2.05 bits per heavy atom. The highest BCUT2D eigenvalue weighted by molar-refractivity contribution is 6.05. The Kier molecular flexibility index (Phi) is 3.11. The van der Waals surface area contributed by atoms with Gasteiger partial charge in [-0.25, -0.2) is 4.98 Å². The van der Waals surface area contributed by atoms with Gasteiger partial charge in [-0.1, -0.05) is 24.3 Å². The van der Waals surface area contributed by atoms with Crippen molar-refractivity contribution in [3.63, 3.8) is 0 Å². The van der Waals surface area contributed by atoms with E-state index in [1.165, 1.54) is 22.8 Å². The molecule has 110 valence electrons. The van der Waals surface area contributed by atoms with Crippen LogP contribution in [-0.2, 0) is 24.2 Å². The summed E-state index contributed by atoms with van der Waals surface area (Å²) in [6, 6.07) is 10.5. The summed E-state index contributed by atoms with van der Waals surface area (Å²) in [6.45, 7) is 0.535. The summed E-state index contributed by atoms with van der Waals surface area (Å²) in [5.74, 6) is -0.00537. The third-order valence-corrected chi connectivity index (χ3v) is 4.19. The van der Waals surface area contributed by atoms with Gasteiger partial charge in [-0.2, -0.15) is 5.10 Å². The van der Waals surface area contributed by atoms with Crippen molar-refractivity contribution in [2.45, 2.75) is 25.8 Å². The molecule has 5 heteroatoms. The average Bonchev–Trinajstić information content (AvgIpc) is 3.19. The van der Waals surface area contributed by atoms with Crippen LogP contribution >= 0.6 is 0 Å². The first-order valence-electron chi connectivity index (χ1n) is 7.47. The van der Waals surface area contributed by atoms with Crippen molar-refractivity contribution in [3.05, 3.63) is 54.1 Å². The first kappa shape index (κ1) is 13.0. The summed E-state index contributed by atoms with van der Waals surface area (Å²) in [4.78, 5) is 16.0. The maximum Gasteiger partial charge on any atom is 0.226 e. The summed E-state index contributed by atoms with van der Waals surface area (Å²) < 4.78 is 1.66. The van der Waals surface area contributed by atoms with Gasteiger partial charge in [0.1, 0.15) is 12.7 Å². The Bertz CT molecular complexity index is 829. The Labute approximate surface area is 128 Å². The molecule has 4 rings (SSSR count). The van der Waals surface area contributed by atoms with Crippen LogP contribution < -0.4 is 5.32 Å². The highest BCUT2D eigenvalue weighted by Crippen LogP contribution is 2.34. The number of hydrogen-bond donors (Lipinski definition) is 1. The molecule has 0 bridgehead atoms. The minimum absolute atomic E-state index is 0.00537. The lowest BCUT2D eigenvalue weighted by atomic mass is 10.0. The molecule has 0 spiro atoms. The molecular formula is C17H16N4O. The normalized spacial score (nSPS) is 12.7. The Morgan fingerprint density at radius 1 is 1.18 bits per heavy atom. The third-order valence-electron chi connectivity index (χ3n) is 4.19. The fourth-order valence-corrected chi connectivity index (χ4v) is 3.13. The van der Waals surface area contributed by atoms with Crippen LogP contribution in [0.2, 0.25) is 0 Å². The Morgan fingerprint density at radius 3 is 2.86 bits per heavy atom. The van der Waals surface area contributed by atoms with Crippen LogP contribution in [0.4, 0.5) is 5.69 Å². The van der Waals surface area contributed by atoms with Crippen molar-refractivity contribution in [1.29, 1.82) is 0 Å². The molecular weight excluding hydrogens is 276 g/mol. The molecule has 0 unspecified atom stereocenters. The van der Waals surface area contributed by atoms with Gasteiger partial charge in [0.2, 0.25) is 5.91 Å². The van der Waals surface area contributed by atoms with E-state index in [4.69, 9.17) is 0 Å². The van der Waals surface area contributed by atoms with Crippen LogP contribution in [0.15, 0.2) is 43.0 Å². The van der Waals surface area contributed by atoms with Crippen molar-refractivity contribution in [2.24, 2.45) is 0 Å². The molecule has 1 aliphatic rings. The predicted octanol–water partition coefficient (Wildman–Crippen LogP) is 2.56. The van der Waals surface area contributed by atoms with E-state index in [0.29, 0.717) is 13.0 Å². The van der Waals surface area contributed by atoms with Crippen molar-refractivity contribution in [1.82, 2.24) is 14.8 Å². The molecule has 2 aromatic carbocycles. The monoisotopic (exact) mass is 292 g/mol. The van der Waals surface area contributed by atoms with E-state index < -0.39 is 0 Å². The summed E-state index contributed by atoms with van der Waals surface area (Å²) in [6.07, 6.45) is 5.66. The van der Waals surface area contributed by atoms with Crippen LogP contribution in [0.1, 0.15) is 17.5 Å². The summed E-state index contributed by atoms with van der Waals surface area (Å²) in [5, 5.41) is 9.49. The lowest BCUT2D eigenvalue weighted by molar-refractivity contribution is -0.116. The zero-order valence-corrected chi connectivity index (χ0v) is 12.1. The number of nitrogens with one attached hydrogen (secondary N) is 1. The quantitative estimate of drug-likeness (QED) is 0.804. The van der Waals surface area contributed by atoms with Gasteiger partial charge in [0.05, 0.1) is 6.54 Å². The number of carbonyl (C=O) groups excluding carboxylic acids is 1. The number of carbonyl (C=O) groups is 1. The second kappa shape index (κ2) is 5.26. The first-order chi connectivity index (χ1) is 10.8. The average molecular weight is 292 g/mol. The molecule has 0 aliphatic heterocycles. The molecule has 0 atom stereocenters. The second-order valence-electron chi connectivity index (χ2n) is 5.57. The van der Waals surface area contributed by atoms with Crippen molar-refractivity contribution in [2.75, 3.05) is 5.32 Å². The van der Waals surface area contributed by atoms with Gasteiger partial charge in [-0.15, -0.1) is 0 Å². The van der Waals surface area contributed by atoms with Crippen molar-refractivity contribution < 1.29 is 4.79 Å². The number of hydrogen-bond acceptors (Lipinski definition) is 3. The Hall–Kier alpha value is -2.69. The highest BCUT2D eigenvalue weighted by atomic mass is 16.1. The summed E-state index contributed by atoms with van der Waals surface area (Å²) in [7, 11) is 0. The largest absolute Gasteiger partial charge is 0.325 e. The number of nitrogens with zero attached hydrogens (tertiary/aromatic N) is 3. The van der Waals surface area contributed by atoms with Crippen molar-refractivity contribution in [3.8, 4) is 0 Å². The van der Waals surface area contributed by atoms with Gasteiger partial charge in [0, 0.05) is 17.5 Å². The predicted molar refractivity (Wildman–Crippen MR) is 84.6 cm³/mol. The molecule has 22 heavy (non-hydrogen) atoms. The number of anilines is 1. The van der Waals surface area contributed by atoms with Gasteiger partial charge in [-0.05, 0) is 35.4 Å². The molecule has 1 heterocycles. The summed E-state index contributed by atoms with van der Waals surface area (Å²) in [5.41, 5.74) is 3.66. The van der Waals surface area contributed by atoms with Gasteiger partial charge >= 0.3 is 0 Å². The zero-order chi connectivity index (χ0) is 14.9. The molecule has 1 N–H and O–H groups in total. The fourth-order valence-electron chi connectivity index (χ4n) is 3.13. The minimum Gasteiger partial charge on any atom is -0.325 e. The van der Waals surface area contributed by atoms with E-state index >= 15 is 0 Å². The van der Waals surface area contributed by atoms with Gasteiger partial charge in [-0.3, -0.25) is 9.48 Å². The maximum atomic E-state index is 12.2. The van der Waals surface area contributed by atoms with Crippen molar-refractivity contribution >= 4 is 22.4 Å².